The molecule has 2 atom stereocenters. The maximum absolute atomic E-state index is 12.3. The van der Waals surface area contributed by atoms with Gasteiger partial charge in [-0.2, -0.15) is 0 Å². The van der Waals surface area contributed by atoms with E-state index in [1.807, 2.05) is 26.0 Å². The van der Waals surface area contributed by atoms with Gasteiger partial charge in [-0.25, -0.2) is 5.43 Å². The van der Waals surface area contributed by atoms with Crippen molar-refractivity contribution in [3.63, 3.8) is 0 Å². The highest BCUT2D eigenvalue weighted by molar-refractivity contribution is 6.30. The summed E-state index contributed by atoms with van der Waals surface area (Å²) in [6.07, 6.45) is 0. The van der Waals surface area contributed by atoms with Crippen molar-refractivity contribution < 1.29 is 9.59 Å². The third-order valence-electron chi connectivity index (χ3n) is 3.42. The summed E-state index contributed by atoms with van der Waals surface area (Å²) in [5.74, 6) is -0.630. The first kappa shape index (κ1) is 16.7. The van der Waals surface area contributed by atoms with Crippen LogP contribution in [0.3, 0.4) is 0 Å². The van der Waals surface area contributed by atoms with Crippen molar-refractivity contribution in [1.29, 1.82) is 0 Å². The predicted octanol–water partition coefficient (Wildman–Crippen LogP) is 0.746. The molecule has 6 nitrogen and oxygen atoms in total. The highest BCUT2D eigenvalue weighted by Crippen LogP contribution is 2.26. The topological polar surface area (TPSA) is 82.3 Å². The van der Waals surface area contributed by atoms with E-state index >= 15 is 0 Å². The maximum atomic E-state index is 12.3. The smallest absolute Gasteiger partial charge is 0.239 e. The standard InChI is InChI=1S/C15H21ClN4O2/c1-9(2)19-13(21)8-17-15(22)12-7-18-20-14(12)10-3-5-11(16)6-4-10/h3-6,9,12,14,18,20H,7-8H2,1-2H3,(H,17,22)(H,19,21). The largest absolute Gasteiger partial charge is 0.352 e. The lowest BCUT2D eigenvalue weighted by atomic mass is 9.94. The lowest BCUT2D eigenvalue weighted by Gasteiger charge is -2.18. The van der Waals surface area contributed by atoms with Gasteiger partial charge >= 0.3 is 0 Å². The second kappa shape index (κ2) is 7.58. The molecule has 1 aromatic carbocycles. The molecular weight excluding hydrogens is 304 g/mol. The van der Waals surface area contributed by atoms with Crippen molar-refractivity contribution in [3.05, 3.63) is 34.9 Å². The normalized spacial score (nSPS) is 20.9. The van der Waals surface area contributed by atoms with Gasteiger partial charge in [0.2, 0.25) is 11.8 Å². The van der Waals surface area contributed by atoms with E-state index in [0.29, 0.717) is 11.6 Å². The number of benzene rings is 1. The Balaban J connectivity index is 1.93. The Labute approximate surface area is 135 Å². The molecule has 22 heavy (non-hydrogen) atoms. The first-order valence-corrected chi connectivity index (χ1v) is 7.66. The average molecular weight is 325 g/mol. The molecule has 1 heterocycles. The van der Waals surface area contributed by atoms with Gasteiger partial charge in [0.15, 0.2) is 0 Å². The summed E-state index contributed by atoms with van der Waals surface area (Å²) in [5, 5.41) is 6.08. The SMILES string of the molecule is CC(C)NC(=O)CNC(=O)C1CNNC1c1ccc(Cl)cc1. The molecule has 120 valence electrons. The van der Waals surface area contributed by atoms with Crippen LogP contribution in [0.5, 0.6) is 0 Å². The van der Waals surface area contributed by atoms with E-state index in [2.05, 4.69) is 21.5 Å². The Hall–Kier alpha value is -1.63. The molecule has 2 amide bonds. The molecule has 1 aromatic rings. The predicted molar refractivity (Wildman–Crippen MR) is 85.1 cm³/mol. The minimum absolute atomic E-state index is 0.0130. The van der Waals surface area contributed by atoms with Gasteiger partial charge in [-0.15, -0.1) is 0 Å². The summed E-state index contributed by atoms with van der Waals surface area (Å²) in [6, 6.07) is 7.27. The van der Waals surface area contributed by atoms with Crippen LogP contribution in [-0.4, -0.2) is 30.9 Å². The first-order valence-electron chi connectivity index (χ1n) is 7.28. The third kappa shape index (κ3) is 4.43. The molecule has 1 fully saturated rings. The van der Waals surface area contributed by atoms with Crippen LogP contribution in [-0.2, 0) is 9.59 Å². The zero-order valence-electron chi connectivity index (χ0n) is 12.7. The molecule has 4 N–H and O–H groups in total. The van der Waals surface area contributed by atoms with Crippen molar-refractivity contribution >= 4 is 23.4 Å². The Morgan fingerprint density at radius 2 is 2.00 bits per heavy atom. The molecule has 7 heteroatoms. The lowest BCUT2D eigenvalue weighted by molar-refractivity contribution is -0.128. The third-order valence-corrected chi connectivity index (χ3v) is 3.67. The van der Waals surface area contributed by atoms with E-state index in [1.165, 1.54) is 0 Å². The Morgan fingerprint density at radius 1 is 1.32 bits per heavy atom. The van der Waals surface area contributed by atoms with E-state index in [4.69, 9.17) is 11.6 Å². The number of carbonyl (C=O) groups excluding carboxylic acids is 2. The zero-order valence-corrected chi connectivity index (χ0v) is 13.4. The van der Waals surface area contributed by atoms with Crippen LogP contribution in [0.15, 0.2) is 24.3 Å². The minimum Gasteiger partial charge on any atom is -0.352 e. The van der Waals surface area contributed by atoms with E-state index in [1.54, 1.807) is 12.1 Å². The summed E-state index contributed by atoms with van der Waals surface area (Å²) in [7, 11) is 0. The number of rotatable bonds is 5. The second-order valence-electron chi connectivity index (χ2n) is 5.60. The quantitative estimate of drug-likeness (QED) is 0.644. The van der Waals surface area contributed by atoms with Crippen molar-refractivity contribution in [1.82, 2.24) is 21.5 Å². The van der Waals surface area contributed by atoms with E-state index in [9.17, 15) is 9.59 Å². The molecule has 2 rings (SSSR count). The Bertz CT molecular complexity index is 533. The Kier molecular flexibility index (Phi) is 5.76. The van der Waals surface area contributed by atoms with Crippen LogP contribution in [0.4, 0.5) is 0 Å². The summed E-state index contributed by atoms with van der Waals surface area (Å²) in [4.78, 5) is 23.9. The van der Waals surface area contributed by atoms with Gasteiger partial charge < -0.3 is 10.6 Å². The molecule has 1 saturated heterocycles. The molecule has 0 aliphatic carbocycles. The molecule has 2 unspecified atom stereocenters. The molecule has 0 bridgehead atoms. The number of halogens is 1. The van der Waals surface area contributed by atoms with Crippen LogP contribution in [0.2, 0.25) is 5.02 Å². The van der Waals surface area contributed by atoms with Gasteiger partial charge in [0.05, 0.1) is 18.5 Å². The van der Waals surface area contributed by atoms with Gasteiger partial charge in [0.25, 0.3) is 0 Å². The number of carbonyl (C=O) groups is 2. The van der Waals surface area contributed by atoms with Crippen molar-refractivity contribution in [2.45, 2.75) is 25.9 Å². The summed E-state index contributed by atoms with van der Waals surface area (Å²) in [5.41, 5.74) is 7.05. The number of nitrogens with one attached hydrogen (secondary N) is 4. The maximum Gasteiger partial charge on any atom is 0.239 e. The Morgan fingerprint density at radius 3 is 2.64 bits per heavy atom. The highest BCUT2D eigenvalue weighted by atomic mass is 35.5. The first-order chi connectivity index (χ1) is 10.5. The van der Waals surface area contributed by atoms with Crippen LogP contribution in [0.1, 0.15) is 25.5 Å². The van der Waals surface area contributed by atoms with Gasteiger partial charge in [0.1, 0.15) is 0 Å². The second-order valence-corrected chi connectivity index (χ2v) is 6.04. The van der Waals surface area contributed by atoms with Gasteiger partial charge in [-0.05, 0) is 31.5 Å². The fourth-order valence-corrected chi connectivity index (χ4v) is 2.52. The molecule has 0 aromatic heterocycles. The van der Waals surface area contributed by atoms with Gasteiger partial charge in [-0.3, -0.25) is 15.0 Å². The molecule has 0 spiro atoms. The molecular formula is C15H21ClN4O2. The van der Waals surface area contributed by atoms with Crippen molar-refractivity contribution in [2.75, 3.05) is 13.1 Å². The fourth-order valence-electron chi connectivity index (χ4n) is 2.40. The molecule has 1 aliphatic rings. The van der Waals surface area contributed by atoms with E-state index in [-0.39, 0.29) is 36.4 Å². The number of hydrogen-bond donors (Lipinski definition) is 4. The van der Waals surface area contributed by atoms with E-state index < -0.39 is 0 Å². The van der Waals surface area contributed by atoms with E-state index in [0.717, 1.165) is 5.56 Å². The van der Waals surface area contributed by atoms with Crippen LogP contribution < -0.4 is 21.5 Å². The van der Waals surface area contributed by atoms with Crippen LogP contribution in [0, 0.1) is 5.92 Å². The average Bonchev–Trinajstić information content (AvgIpc) is 2.94. The molecule has 0 radical (unpaired) electrons. The van der Waals surface area contributed by atoms with Crippen LogP contribution >= 0.6 is 11.6 Å². The van der Waals surface area contributed by atoms with Crippen molar-refractivity contribution in [3.8, 4) is 0 Å². The summed E-state index contributed by atoms with van der Waals surface area (Å²) in [6.45, 7) is 4.24. The minimum atomic E-state index is -0.284. The number of hydrogen-bond acceptors (Lipinski definition) is 4. The lowest BCUT2D eigenvalue weighted by Crippen LogP contribution is -2.43. The highest BCUT2D eigenvalue weighted by Gasteiger charge is 2.33. The molecule has 1 aliphatic heterocycles. The number of amides is 2. The van der Waals surface area contributed by atoms with Crippen LogP contribution in [0.25, 0.3) is 0 Å². The van der Waals surface area contributed by atoms with Gasteiger partial charge in [0, 0.05) is 17.6 Å². The van der Waals surface area contributed by atoms with Crippen molar-refractivity contribution in [2.24, 2.45) is 5.92 Å². The summed E-state index contributed by atoms with van der Waals surface area (Å²) >= 11 is 5.88. The monoisotopic (exact) mass is 324 g/mol. The van der Waals surface area contributed by atoms with Gasteiger partial charge in [-0.1, -0.05) is 23.7 Å². The summed E-state index contributed by atoms with van der Waals surface area (Å²) < 4.78 is 0. The fraction of sp³-hybridized carbons (Fsp3) is 0.467. The number of hydrazine groups is 1. The zero-order chi connectivity index (χ0) is 16.1. The molecule has 0 saturated carbocycles.